The van der Waals surface area contributed by atoms with Crippen LogP contribution in [-0.2, 0) is 11.4 Å². The highest BCUT2D eigenvalue weighted by molar-refractivity contribution is 7.90. The zero-order valence-electron chi connectivity index (χ0n) is 12.6. The van der Waals surface area contributed by atoms with Gasteiger partial charge in [-0.2, -0.15) is 5.10 Å². The van der Waals surface area contributed by atoms with E-state index in [0.717, 1.165) is 11.3 Å². The standard InChI is InChI=1S/C15H20FN3OS/c1-11(18-21(20)15(2,3)4)12-5-7-14(8-6-12)19-10-13(16)9-17-19/h5-11,18H,1-4H3. The molecule has 4 nitrogen and oxygen atoms in total. The zero-order valence-corrected chi connectivity index (χ0v) is 13.4. The van der Waals surface area contributed by atoms with Crippen LogP contribution >= 0.6 is 0 Å². The van der Waals surface area contributed by atoms with Gasteiger partial charge in [0.15, 0.2) is 5.82 Å². The van der Waals surface area contributed by atoms with E-state index in [1.54, 1.807) is 0 Å². The predicted octanol–water partition coefficient (Wildman–Crippen LogP) is 3.12. The first-order valence-electron chi connectivity index (χ1n) is 6.76. The number of hydrogen-bond acceptors (Lipinski definition) is 3. The smallest absolute Gasteiger partial charge is 0.161 e. The second kappa shape index (κ2) is 6.17. The summed E-state index contributed by atoms with van der Waals surface area (Å²) in [5, 5.41) is 3.92. The Morgan fingerprint density at radius 2 is 1.90 bits per heavy atom. The molecule has 1 heterocycles. The van der Waals surface area contributed by atoms with Crippen LogP contribution in [0.1, 0.15) is 39.3 Å². The summed E-state index contributed by atoms with van der Waals surface area (Å²) < 4.78 is 29.3. The molecule has 0 bridgehead atoms. The molecule has 0 saturated carbocycles. The van der Waals surface area contributed by atoms with Gasteiger partial charge in [0.1, 0.15) is 4.75 Å². The lowest BCUT2D eigenvalue weighted by Gasteiger charge is -2.26. The second-order valence-electron chi connectivity index (χ2n) is 5.92. The fourth-order valence-corrected chi connectivity index (χ4v) is 2.57. The van der Waals surface area contributed by atoms with E-state index < -0.39 is 11.4 Å². The summed E-state index contributed by atoms with van der Waals surface area (Å²) in [7, 11) is 0. The van der Waals surface area contributed by atoms with Gasteiger partial charge >= 0.3 is 0 Å². The molecule has 1 aromatic carbocycles. The van der Waals surface area contributed by atoms with Crippen molar-refractivity contribution in [2.45, 2.75) is 38.5 Å². The Balaban J connectivity index is 2.08. The van der Waals surface area contributed by atoms with E-state index in [1.807, 2.05) is 52.0 Å². The first-order chi connectivity index (χ1) is 9.77. The summed E-state index contributed by atoms with van der Waals surface area (Å²) in [4.78, 5) is 0. The van der Waals surface area contributed by atoms with Gasteiger partial charge < -0.3 is 4.55 Å². The van der Waals surface area contributed by atoms with Crippen molar-refractivity contribution in [2.75, 3.05) is 0 Å². The summed E-state index contributed by atoms with van der Waals surface area (Å²) in [6, 6.07) is 7.53. The Kier molecular flexibility index (Phi) is 4.70. The van der Waals surface area contributed by atoms with Crippen molar-refractivity contribution in [2.24, 2.45) is 0 Å². The van der Waals surface area contributed by atoms with Crippen molar-refractivity contribution < 1.29 is 8.94 Å². The Bertz CT molecular complexity index is 592. The molecule has 2 atom stereocenters. The number of hydrogen-bond donors (Lipinski definition) is 1. The number of rotatable bonds is 4. The van der Waals surface area contributed by atoms with Crippen LogP contribution in [0.4, 0.5) is 4.39 Å². The van der Waals surface area contributed by atoms with Crippen molar-refractivity contribution in [1.29, 1.82) is 0 Å². The molecule has 2 unspecified atom stereocenters. The molecule has 0 aliphatic carbocycles. The average Bonchev–Trinajstić information content (AvgIpc) is 2.84. The van der Waals surface area contributed by atoms with Gasteiger partial charge in [0.05, 0.1) is 24.1 Å². The molecule has 0 aliphatic rings. The van der Waals surface area contributed by atoms with Crippen molar-refractivity contribution in [1.82, 2.24) is 14.5 Å². The lowest BCUT2D eigenvalue weighted by atomic mass is 10.1. The fraction of sp³-hybridized carbons (Fsp3) is 0.400. The monoisotopic (exact) mass is 309 g/mol. The third kappa shape index (κ3) is 4.06. The lowest BCUT2D eigenvalue weighted by Crippen LogP contribution is -2.40. The minimum atomic E-state index is -1.12. The molecular weight excluding hydrogens is 289 g/mol. The molecule has 0 fully saturated rings. The van der Waals surface area contributed by atoms with E-state index in [1.165, 1.54) is 17.1 Å². The van der Waals surface area contributed by atoms with Crippen LogP contribution in [0.5, 0.6) is 0 Å². The SMILES string of the molecule is CC(N[S+]([O-])C(C)(C)C)c1ccc(-n2cc(F)cn2)cc1. The van der Waals surface area contributed by atoms with Crippen LogP contribution in [0.15, 0.2) is 36.7 Å². The summed E-state index contributed by atoms with van der Waals surface area (Å²) in [6.45, 7) is 7.75. The quantitative estimate of drug-likeness (QED) is 0.883. The Morgan fingerprint density at radius 1 is 1.29 bits per heavy atom. The minimum absolute atomic E-state index is 0.0338. The van der Waals surface area contributed by atoms with Gasteiger partial charge in [0.25, 0.3) is 0 Å². The minimum Gasteiger partial charge on any atom is -0.598 e. The predicted molar refractivity (Wildman–Crippen MR) is 83.0 cm³/mol. The maximum atomic E-state index is 12.9. The van der Waals surface area contributed by atoms with Gasteiger partial charge in [-0.05, 0) is 45.4 Å². The van der Waals surface area contributed by atoms with E-state index in [4.69, 9.17) is 0 Å². The second-order valence-corrected chi connectivity index (χ2v) is 7.91. The van der Waals surface area contributed by atoms with Crippen molar-refractivity contribution in [3.05, 3.63) is 48.0 Å². The number of halogens is 1. The molecule has 0 spiro atoms. The molecule has 1 N–H and O–H groups in total. The molecule has 1 aromatic heterocycles. The normalized spacial score (nSPS) is 15.0. The molecular formula is C15H20FN3OS. The highest BCUT2D eigenvalue weighted by Gasteiger charge is 2.28. The third-order valence-corrected chi connectivity index (χ3v) is 4.73. The number of nitrogens with one attached hydrogen (secondary N) is 1. The summed E-state index contributed by atoms with van der Waals surface area (Å²) in [6.07, 6.45) is 2.50. The van der Waals surface area contributed by atoms with Crippen LogP contribution in [0, 0.1) is 5.82 Å². The zero-order chi connectivity index (χ0) is 15.6. The Hall–Kier alpha value is -1.37. The molecule has 0 aliphatic heterocycles. The molecule has 21 heavy (non-hydrogen) atoms. The number of nitrogens with zero attached hydrogens (tertiary/aromatic N) is 2. The first-order valence-corrected chi connectivity index (χ1v) is 7.91. The van der Waals surface area contributed by atoms with Crippen LogP contribution in [0.3, 0.4) is 0 Å². The molecule has 2 rings (SSSR count). The van der Waals surface area contributed by atoms with Crippen LogP contribution in [0.25, 0.3) is 5.69 Å². The summed E-state index contributed by atoms with van der Waals surface area (Å²) in [5.74, 6) is -0.366. The average molecular weight is 309 g/mol. The molecule has 0 saturated heterocycles. The number of aromatic nitrogens is 2. The molecule has 114 valence electrons. The maximum Gasteiger partial charge on any atom is 0.161 e. The van der Waals surface area contributed by atoms with Crippen molar-refractivity contribution >= 4 is 11.4 Å². The van der Waals surface area contributed by atoms with Crippen LogP contribution in [0.2, 0.25) is 0 Å². The summed E-state index contributed by atoms with van der Waals surface area (Å²) >= 11 is -1.12. The van der Waals surface area contributed by atoms with Gasteiger partial charge in [0.2, 0.25) is 0 Å². The van der Waals surface area contributed by atoms with Gasteiger partial charge in [-0.15, -0.1) is 4.72 Å². The first kappa shape index (κ1) is 16.0. The topological polar surface area (TPSA) is 52.9 Å². The van der Waals surface area contributed by atoms with Crippen molar-refractivity contribution in [3.63, 3.8) is 0 Å². The maximum absolute atomic E-state index is 12.9. The third-order valence-electron chi connectivity index (χ3n) is 3.05. The Morgan fingerprint density at radius 3 is 2.38 bits per heavy atom. The van der Waals surface area contributed by atoms with E-state index in [-0.39, 0.29) is 16.6 Å². The van der Waals surface area contributed by atoms with Crippen molar-refractivity contribution in [3.8, 4) is 5.69 Å². The van der Waals surface area contributed by atoms with Crippen LogP contribution < -0.4 is 4.72 Å². The van der Waals surface area contributed by atoms with Crippen LogP contribution in [-0.4, -0.2) is 19.1 Å². The van der Waals surface area contributed by atoms with Gasteiger partial charge in [0, 0.05) is 11.4 Å². The Labute approximate surface area is 127 Å². The molecule has 0 amide bonds. The van der Waals surface area contributed by atoms with Gasteiger partial charge in [-0.3, -0.25) is 0 Å². The largest absolute Gasteiger partial charge is 0.598 e. The number of benzene rings is 1. The van der Waals surface area contributed by atoms with E-state index in [2.05, 4.69) is 9.82 Å². The van der Waals surface area contributed by atoms with E-state index in [9.17, 15) is 8.94 Å². The summed E-state index contributed by atoms with van der Waals surface area (Å²) in [5.41, 5.74) is 1.80. The highest BCUT2D eigenvalue weighted by atomic mass is 32.2. The lowest BCUT2D eigenvalue weighted by molar-refractivity contribution is 0.531. The highest BCUT2D eigenvalue weighted by Crippen LogP contribution is 2.20. The molecule has 0 radical (unpaired) electrons. The molecule has 6 heteroatoms. The van der Waals surface area contributed by atoms with Gasteiger partial charge in [-0.25, -0.2) is 9.07 Å². The molecule has 2 aromatic rings. The van der Waals surface area contributed by atoms with Gasteiger partial charge in [-0.1, -0.05) is 12.1 Å². The van der Waals surface area contributed by atoms with E-state index >= 15 is 0 Å². The fourth-order valence-electron chi connectivity index (χ4n) is 1.76. The van der Waals surface area contributed by atoms with E-state index in [0.29, 0.717) is 0 Å².